The van der Waals surface area contributed by atoms with Gasteiger partial charge in [-0.1, -0.05) is 11.6 Å². The Morgan fingerprint density at radius 2 is 2.11 bits per heavy atom. The van der Waals surface area contributed by atoms with E-state index in [1.54, 1.807) is 25.3 Å². The number of halogens is 1. The molecule has 0 unspecified atom stereocenters. The highest BCUT2D eigenvalue weighted by Gasteiger charge is 2.17. The highest BCUT2D eigenvalue weighted by molar-refractivity contribution is 7.92. The van der Waals surface area contributed by atoms with E-state index in [9.17, 15) is 8.42 Å². The molecule has 0 saturated carbocycles. The summed E-state index contributed by atoms with van der Waals surface area (Å²) in [5.74, 6) is 0. The molecule has 0 aliphatic rings. The Balaban J connectivity index is 2.40. The summed E-state index contributed by atoms with van der Waals surface area (Å²) in [6.07, 6.45) is 2.97. The molecule has 19 heavy (non-hydrogen) atoms. The molecule has 0 bridgehead atoms. The first-order valence-electron chi connectivity index (χ1n) is 5.38. The molecule has 2 rings (SSSR count). The molecule has 0 aliphatic heterocycles. The highest BCUT2D eigenvalue weighted by Crippen LogP contribution is 2.26. The molecule has 7 heteroatoms. The first-order chi connectivity index (χ1) is 8.90. The lowest BCUT2D eigenvalue weighted by molar-refractivity contribution is 0.601. The van der Waals surface area contributed by atoms with Crippen LogP contribution in [0.1, 0.15) is 5.56 Å². The summed E-state index contributed by atoms with van der Waals surface area (Å²) in [4.78, 5) is 3.85. The van der Waals surface area contributed by atoms with Crippen molar-refractivity contribution in [3.8, 4) is 0 Å². The fraction of sp³-hybridized carbons (Fsp3) is 0.0833. The van der Waals surface area contributed by atoms with Crippen LogP contribution in [-0.4, -0.2) is 13.4 Å². The van der Waals surface area contributed by atoms with Crippen LogP contribution in [0.4, 0.5) is 11.4 Å². The Labute approximate surface area is 116 Å². The number of nitrogens with zero attached hydrogens (tertiary/aromatic N) is 1. The third-order valence-electron chi connectivity index (χ3n) is 2.58. The van der Waals surface area contributed by atoms with Gasteiger partial charge in [0.15, 0.2) is 0 Å². The molecular formula is C12H12ClN3O2S. The number of nitrogen functional groups attached to an aromatic ring is 1. The van der Waals surface area contributed by atoms with Crippen LogP contribution in [0.15, 0.2) is 41.6 Å². The Hall–Kier alpha value is -1.79. The number of hydrogen-bond donors (Lipinski definition) is 2. The first-order valence-corrected chi connectivity index (χ1v) is 7.25. The van der Waals surface area contributed by atoms with Gasteiger partial charge in [0.05, 0.1) is 16.8 Å². The van der Waals surface area contributed by atoms with Gasteiger partial charge in [0.2, 0.25) is 0 Å². The average molecular weight is 298 g/mol. The van der Waals surface area contributed by atoms with Crippen molar-refractivity contribution in [1.82, 2.24) is 4.98 Å². The highest BCUT2D eigenvalue weighted by atomic mass is 35.5. The van der Waals surface area contributed by atoms with E-state index < -0.39 is 10.0 Å². The standard InChI is InChI=1S/C12H12ClN3O2S/c1-8-11(13)5-10(6-12(8)14)19(17,18)16-9-3-2-4-15-7-9/h2-7,16H,14H2,1H3. The maximum Gasteiger partial charge on any atom is 0.262 e. The molecule has 0 fully saturated rings. The fourth-order valence-corrected chi connectivity index (χ4v) is 2.86. The van der Waals surface area contributed by atoms with Gasteiger partial charge in [0.1, 0.15) is 0 Å². The van der Waals surface area contributed by atoms with Crippen LogP contribution in [0.25, 0.3) is 0 Å². The zero-order chi connectivity index (χ0) is 14.0. The second kappa shape index (κ2) is 5.07. The predicted molar refractivity (Wildman–Crippen MR) is 75.6 cm³/mol. The van der Waals surface area contributed by atoms with Crippen molar-refractivity contribution in [2.24, 2.45) is 0 Å². The lowest BCUT2D eigenvalue weighted by Gasteiger charge is -2.10. The molecule has 0 aliphatic carbocycles. The summed E-state index contributed by atoms with van der Waals surface area (Å²) in [6, 6.07) is 5.98. The summed E-state index contributed by atoms with van der Waals surface area (Å²) in [7, 11) is -3.73. The summed E-state index contributed by atoms with van der Waals surface area (Å²) in [5, 5.41) is 0.312. The average Bonchev–Trinajstić information content (AvgIpc) is 2.36. The van der Waals surface area contributed by atoms with E-state index in [1.807, 2.05) is 0 Å². The van der Waals surface area contributed by atoms with Crippen LogP contribution in [0.5, 0.6) is 0 Å². The first kappa shape index (κ1) is 13.6. The van der Waals surface area contributed by atoms with Crippen molar-refractivity contribution in [3.05, 3.63) is 47.2 Å². The second-order valence-electron chi connectivity index (χ2n) is 3.97. The van der Waals surface area contributed by atoms with Crippen molar-refractivity contribution in [2.75, 3.05) is 10.5 Å². The van der Waals surface area contributed by atoms with Crippen LogP contribution in [-0.2, 0) is 10.0 Å². The van der Waals surface area contributed by atoms with Crippen LogP contribution >= 0.6 is 11.6 Å². The van der Waals surface area contributed by atoms with E-state index in [2.05, 4.69) is 9.71 Å². The molecular weight excluding hydrogens is 286 g/mol. The van der Waals surface area contributed by atoms with Gasteiger partial charge in [0, 0.05) is 16.9 Å². The van der Waals surface area contributed by atoms with Gasteiger partial charge in [-0.05, 0) is 36.8 Å². The molecule has 2 aromatic rings. The van der Waals surface area contributed by atoms with Crippen molar-refractivity contribution in [3.63, 3.8) is 0 Å². The van der Waals surface area contributed by atoms with Gasteiger partial charge in [-0.25, -0.2) is 8.42 Å². The van der Waals surface area contributed by atoms with Gasteiger partial charge in [-0.3, -0.25) is 9.71 Å². The number of benzene rings is 1. The molecule has 0 spiro atoms. The van der Waals surface area contributed by atoms with E-state index in [-0.39, 0.29) is 4.90 Å². The third-order valence-corrected chi connectivity index (χ3v) is 4.34. The van der Waals surface area contributed by atoms with Crippen LogP contribution in [0.2, 0.25) is 5.02 Å². The minimum Gasteiger partial charge on any atom is -0.398 e. The van der Waals surface area contributed by atoms with Gasteiger partial charge in [0.25, 0.3) is 10.0 Å². The smallest absolute Gasteiger partial charge is 0.262 e. The zero-order valence-corrected chi connectivity index (χ0v) is 11.7. The summed E-state index contributed by atoms with van der Waals surface area (Å²) >= 11 is 5.94. The van der Waals surface area contributed by atoms with Crippen molar-refractivity contribution >= 4 is 33.0 Å². The zero-order valence-electron chi connectivity index (χ0n) is 10.1. The maximum atomic E-state index is 12.2. The Kier molecular flexibility index (Phi) is 3.64. The van der Waals surface area contributed by atoms with Crippen molar-refractivity contribution < 1.29 is 8.42 Å². The number of hydrogen-bond acceptors (Lipinski definition) is 4. The minimum atomic E-state index is -3.73. The normalized spacial score (nSPS) is 11.3. The summed E-state index contributed by atoms with van der Waals surface area (Å²) < 4.78 is 26.7. The molecule has 3 N–H and O–H groups in total. The molecule has 1 aromatic heterocycles. The van der Waals surface area contributed by atoms with E-state index in [1.165, 1.54) is 18.3 Å². The van der Waals surface area contributed by atoms with Crippen LogP contribution in [0.3, 0.4) is 0 Å². The molecule has 0 radical (unpaired) electrons. The number of nitrogens with one attached hydrogen (secondary N) is 1. The van der Waals surface area contributed by atoms with Crippen LogP contribution < -0.4 is 10.5 Å². The Bertz CT molecular complexity index is 679. The van der Waals surface area contributed by atoms with E-state index in [0.717, 1.165) is 0 Å². The lowest BCUT2D eigenvalue weighted by atomic mass is 10.2. The molecule has 1 heterocycles. The molecule has 1 aromatic carbocycles. The largest absolute Gasteiger partial charge is 0.398 e. The van der Waals surface area contributed by atoms with Gasteiger partial charge >= 0.3 is 0 Å². The number of aromatic nitrogens is 1. The van der Waals surface area contributed by atoms with Crippen molar-refractivity contribution in [2.45, 2.75) is 11.8 Å². The Morgan fingerprint density at radius 3 is 2.68 bits per heavy atom. The lowest BCUT2D eigenvalue weighted by Crippen LogP contribution is -2.13. The number of rotatable bonds is 3. The van der Waals surface area contributed by atoms with E-state index in [0.29, 0.717) is 22.0 Å². The predicted octanol–water partition coefficient (Wildman–Crippen LogP) is 2.43. The summed E-state index contributed by atoms with van der Waals surface area (Å²) in [6.45, 7) is 1.72. The molecule has 5 nitrogen and oxygen atoms in total. The second-order valence-corrected chi connectivity index (χ2v) is 6.06. The molecule has 100 valence electrons. The number of pyridine rings is 1. The minimum absolute atomic E-state index is 0.0180. The van der Waals surface area contributed by atoms with Gasteiger partial charge in [-0.2, -0.15) is 0 Å². The third kappa shape index (κ3) is 2.97. The molecule has 0 saturated heterocycles. The SMILES string of the molecule is Cc1c(N)cc(S(=O)(=O)Nc2cccnc2)cc1Cl. The quantitative estimate of drug-likeness (QED) is 0.852. The number of anilines is 2. The maximum absolute atomic E-state index is 12.2. The van der Waals surface area contributed by atoms with E-state index >= 15 is 0 Å². The van der Waals surface area contributed by atoms with E-state index in [4.69, 9.17) is 17.3 Å². The van der Waals surface area contributed by atoms with Gasteiger partial charge < -0.3 is 5.73 Å². The Morgan fingerprint density at radius 1 is 1.37 bits per heavy atom. The monoisotopic (exact) mass is 297 g/mol. The number of sulfonamides is 1. The molecule has 0 atom stereocenters. The fourth-order valence-electron chi connectivity index (χ4n) is 1.47. The van der Waals surface area contributed by atoms with Crippen LogP contribution in [0, 0.1) is 6.92 Å². The summed E-state index contributed by atoms with van der Waals surface area (Å²) in [5.41, 5.74) is 7.08. The van der Waals surface area contributed by atoms with Gasteiger partial charge in [-0.15, -0.1) is 0 Å². The number of nitrogens with two attached hydrogens (primary N) is 1. The molecule has 0 amide bonds. The van der Waals surface area contributed by atoms with Crippen molar-refractivity contribution in [1.29, 1.82) is 0 Å². The topological polar surface area (TPSA) is 85.1 Å².